The molecule has 124 valence electrons. The topological polar surface area (TPSA) is 86.2 Å². The van der Waals surface area contributed by atoms with Gasteiger partial charge in [0.15, 0.2) is 6.10 Å². The summed E-state index contributed by atoms with van der Waals surface area (Å²) < 4.78 is 1.08. The van der Waals surface area contributed by atoms with Crippen molar-refractivity contribution in [1.29, 1.82) is 0 Å². The van der Waals surface area contributed by atoms with Gasteiger partial charge in [0.1, 0.15) is 5.65 Å². The smallest absolute Gasteiger partial charge is 0.337 e. The van der Waals surface area contributed by atoms with E-state index in [0.717, 1.165) is 31.3 Å². The van der Waals surface area contributed by atoms with Crippen molar-refractivity contribution in [3.8, 4) is 11.1 Å². The third-order valence-electron chi connectivity index (χ3n) is 4.31. The number of fused-ring (bicyclic) bond motifs is 1. The number of H-pyrrole nitrogens is 1. The molecule has 1 aromatic carbocycles. The molecular weight excluding hydrogens is 419 g/mol. The molecule has 0 amide bonds. The molecule has 2 aromatic heterocycles. The lowest BCUT2D eigenvalue weighted by molar-refractivity contribution is -0.146. The molecule has 5 nitrogen and oxygen atoms in total. The molecule has 0 aliphatic heterocycles. The predicted molar refractivity (Wildman–Crippen MR) is 101 cm³/mol. The molecule has 0 fully saturated rings. The van der Waals surface area contributed by atoms with Gasteiger partial charge in [0, 0.05) is 31.5 Å². The quantitative estimate of drug-likeness (QED) is 0.544. The summed E-state index contributed by atoms with van der Waals surface area (Å²) in [6, 6.07) is 7.80. The molecule has 0 aliphatic carbocycles. The first-order chi connectivity index (χ1) is 11.3. The molecule has 3 aromatic rings. The normalized spacial score (nSPS) is 12.5. The van der Waals surface area contributed by atoms with Crippen LogP contribution < -0.4 is 0 Å². The first-order valence-corrected chi connectivity index (χ1v) is 8.55. The molecular formula is C18H17IN2O3. The number of aromatic nitrogens is 2. The number of hydrogen-bond donors (Lipinski definition) is 3. The van der Waals surface area contributed by atoms with Gasteiger partial charge in [-0.15, -0.1) is 0 Å². The standard InChI is InChI=1S/C18H17IN2O3/c1-8-9(2)20-17-13(8)15(11-4-6-12(19)7-5-11)14(10(3)21-17)16(22)18(23)24/h4-7,16,22H,1-3H3,(H,20,21)(H,23,24). The Morgan fingerprint density at radius 2 is 1.83 bits per heavy atom. The Bertz CT molecular complexity index is 945. The third-order valence-corrected chi connectivity index (χ3v) is 5.03. The first kappa shape index (κ1) is 16.9. The van der Waals surface area contributed by atoms with E-state index in [-0.39, 0.29) is 0 Å². The van der Waals surface area contributed by atoms with Crippen molar-refractivity contribution in [1.82, 2.24) is 9.97 Å². The summed E-state index contributed by atoms with van der Waals surface area (Å²) in [6.45, 7) is 5.65. The van der Waals surface area contributed by atoms with Crippen LogP contribution in [0.3, 0.4) is 0 Å². The van der Waals surface area contributed by atoms with E-state index in [1.165, 1.54) is 0 Å². The maximum atomic E-state index is 11.4. The van der Waals surface area contributed by atoms with Crippen molar-refractivity contribution in [2.75, 3.05) is 0 Å². The number of halogens is 1. The van der Waals surface area contributed by atoms with Crippen LogP contribution in [0.4, 0.5) is 0 Å². The average Bonchev–Trinajstić information content (AvgIpc) is 2.80. The number of aliphatic hydroxyl groups is 1. The number of pyridine rings is 1. The number of carbonyl (C=O) groups is 1. The van der Waals surface area contributed by atoms with Crippen LogP contribution in [0.1, 0.15) is 28.6 Å². The third kappa shape index (κ3) is 2.69. The lowest BCUT2D eigenvalue weighted by atomic mass is 9.91. The molecule has 24 heavy (non-hydrogen) atoms. The Balaban J connectivity index is 2.47. The molecule has 0 aliphatic rings. The molecule has 6 heteroatoms. The Morgan fingerprint density at radius 1 is 1.21 bits per heavy atom. The van der Waals surface area contributed by atoms with Gasteiger partial charge in [-0.2, -0.15) is 0 Å². The van der Waals surface area contributed by atoms with Gasteiger partial charge < -0.3 is 15.2 Å². The second-order valence-corrected chi connectivity index (χ2v) is 7.08. The molecule has 2 heterocycles. The number of nitrogens with zero attached hydrogens (tertiary/aromatic N) is 1. The van der Waals surface area contributed by atoms with Crippen LogP contribution in [-0.2, 0) is 4.79 Å². The minimum absolute atomic E-state index is 0.346. The zero-order valence-electron chi connectivity index (χ0n) is 13.5. The van der Waals surface area contributed by atoms with Gasteiger partial charge in [-0.1, -0.05) is 12.1 Å². The molecule has 3 N–H and O–H groups in total. The number of hydrogen-bond acceptors (Lipinski definition) is 3. The zero-order chi connectivity index (χ0) is 17.6. The van der Waals surface area contributed by atoms with Crippen molar-refractivity contribution in [2.45, 2.75) is 26.9 Å². The lowest BCUT2D eigenvalue weighted by Gasteiger charge is -2.17. The van der Waals surface area contributed by atoms with Crippen molar-refractivity contribution < 1.29 is 15.0 Å². The highest BCUT2D eigenvalue weighted by atomic mass is 127. The number of aliphatic hydroxyl groups excluding tert-OH is 1. The van der Waals surface area contributed by atoms with E-state index in [0.29, 0.717) is 16.9 Å². The number of aliphatic carboxylic acids is 1. The molecule has 0 saturated carbocycles. The summed E-state index contributed by atoms with van der Waals surface area (Å²) in [5.74, 6) is -1.28. The van der Waals surface area contributed by atoms with Gasteiger partial charge in [0.05, 0.1) is 0 Å². The van der Waals surface area contributed by atoms with Crippen LogP contribution in [-0.4, -0.2) is 26.2 Å². The number of rotatable bonds is 3. The average molecular weight is 436 g/mol. The molecule has 0 radical (unpaired) electrons. The van der Waals surface area contributed by atoms with Crippen LogP contribution in [0.15, 0.2) is 24.3 Å². The fraction of sp³-hybridized carbons (Fsp3) is 0.222. The maximum Gasteiger partial charge on any atom is 0.337 e. The Morgan fingerprint density at radius 3 is 2.42 bits per heavy atom. The second kappa shape index (κ2) is 6.18. The van der Waals surface area contributed by atoms with E-state index in [4.69, 9.17) is 0 Å². The minimum Gasteiger partial charge on any atom is -0.479 e. The highest BCUT2D eigenvalue weighted by molar-refractivity contribution is 14.1. The van der Waals surface area contributed by atoms with Gasteiger partial charge in [-0.25, -0.2) is 9.78 Å². The number of carboxylic acid groups (broad SMARTS) is 1. The number of aryl methyl sites for hydroxylation is 3. The van der Waals surface area contributed by atoms with Gasteiger partial charge in [0.25, 0.3) is 0 Å². The van der Waals surface area contributed by atoms with Crippen LogP contribution in [0.5, 0.6) is 0 Å². The SMILES string of the molecule is Cc1nc2[nH]c(C)c(C)c2c(-c2ccc(I)cc2)c1C(O)C(=O)O. The van der Waals surface area contributed by atoms with Crippen molar-refractivity contribution in [3.05, 3.63) is 50.4 Å². The predicted octanol–water partition coefficient (Wildman–Crippen LogP) is 3.88. The summed E-state index contributed by atoms with van der Waals surface area (Å²) >= 11 is 2.22. The lowest BCUT2D eigenvalue weighted by Crippen LogP contribution is -2.14. The molecule has 3 rings (SSSR count). The van der Waals surface area contributed by atoms with E-state index in [9.17, 15) is 15.0 Å². The molecule has 0 bridgehead atoms. The second-order valence-electron chi connectivity index (χ2n) is 5.83. The Kier molecular flexibility index (Phi) is 4.35. The van der Waals surface area contributed by atoms with Gasteiger partial charge in [-0.3, -0.25) is 0 Å². The van der Waals surface area contributed by atoms with E-state index in [1.807, 2.05) is 38.1 Å². The van der Waals surface area contributed by atoms with Crippen molar-refractivity contribution in [2.24, 2.45) is 0 Å². The Hall–Kier alpha value is -1.93. The number of nitrogens with one attached hydrogen (secondary N) is 1. The highest BCUT2D eigenvalue weighted by Gasteiger charge is 2.27. The summed E-state index contributed by atoms with van der Waals surface area (Å²) in [5.41, 5.74) is 5.13. The van der Waals surface area contributed by atoms with Crippen LogP contribution in [0.25, 0.3) is 22.2 Å². The summed E-state index contributed by atoms with van der Waals surface area (Å²) in [4.78, 5) is 19.2. The highest BCUT2D eigenvalue weighted by Crippen LogP contribution is 2.39. The van der Waals surface area contributed by atoms with Crippen LogP contribution >= 0.6 is 22.6 Å². The molecule has 0 saturated heterocycles. The van der Waals surface area contributed by atoms with Crippen LogP contribution in [0, 0.1) is 24.3 Å². The largest absolute Gasteiger partial charge is 0.479 e. The number of aromatic amines is 1. The number of carboxylic acids is 1. The summed E-state index contributed by atoms with van der Waals surface area (Å²) in [5, 5.41) is 20.5. The zero-order valence-corrected chi connectivity index (χ0v) is 15.7. The van der Waals surface area contributed by atoms with Crippen molar-refractivity contribution >= 4 is 39.6 Å². The first-order valence-electron chi connectivity index (χ1n) is 7.47. The molecule has 1 atom stereocenters. The van der Waals surface area contributed by atoms with Crippen LogP contribution in [0.2, 0.25) is 0 Å². The molecule has 1 unspecified atom stereocenters. The van der Waals surface area contributed by atoms with E-state index < -0.39 is 12.1 Å². The summed E-state index contributed by atoms with van der Waals surface area (Å²) in [7, 11) is 0. The van der Waals surface area contributed by atoms with Crippen molar-refractivity contribution in [3.63, 3.8) is 0 Å². The fourth-order valence-electron chi connectivity index (χ4n) is 3.01. The van der Waals surface area contributed by atoms with Gasteiger partial charge in [0.2, 0.25) is 0 Å². The van der Waals surface area contributed by atoms with E-state index in [2.05, 4.69) is 32.6 Å². The minimum atomic E-state index is -1.62. The van der Waals surface area contributed by atoms with Gasteiger partial charge >= 0.3 is 5.97 Å². The monoisotopic (exact) mass is 436 g/mol. The van der Waals surface area contributed by atoms with E-state index >= 15 is 0 Å². The van der Waals surface area contributed by atoms with Gasteiger partial charge in [-0.05, 0) is 66.6 Å². The maximum absolute atomic E-state index is 11.4. The molecule has 0 spiro atoms. The summed E-state index contributed by atoms with van der Waals surface area (Å²) in [6.07, 6.45) is -1.62. The number of benzene rings is 1. The fourth-order valence-corrected chi connectivity index (χ4v) is 3.37. The van der Waals surface area contributed by atoms with E-state index in [1.54, 1.807) is 6.92 Å². The Labute approximate surface area is 152 Å².